The molecule has 1 aliphatic heterocycles. The molecule has 4 rings (SSSR count). The van der Waals surface area contributed by atoms with Crippen LogP contribution >= 0.6 is 0 Å². The fraction of sp³-hybridized carbons (Fsp3) is 0.385. The molecular formula is C26H29NO6. The first-order valence-electron chi connectivity index (χ1n) is 11.3. The lowest BCUT2D eigenvalue weighted by Crippen LogP contribution is -2.44. The van der Waals surface area contributed by atoms with Gasteiger partial charge in [-0.1, -0.05) is 26.0 Å². The lowest BCUT2D eigenvalue weighted by Gasteiger charge is -2.34. The standard InChI is InChI=1S/C26H29NO6/c1-4-30-21-7-5-6-8-22(21)33-24-15-32-23-12-19(9-10-20(23)26(24)29)31-16-25(28)27-13-17(2)11-18(3)14-27/h5-10,12,15,17-18H,4,11,13-14,16H2,1-3H3/t17-,18+. The minimum Gasteiger partial charge on any atom is -0.490 e. The summed E-state index contributed by atoms with van der Waals surface area (Å²) in [6, 6.07) is 12.0. The second-order valence-electron chi connectivity index (χ2n) is 8.60. The number of benzene rings is 2. The van der Waals surface area contributed by atoms with E-state index in [1.807, 2.05) is 17.9 Å². The lowest BCUT2D eigenvalue weighted by atomic mass is 9.92. The molecule has 7 heteroatoms. The van der Waals surface area contributed by atoms with Crippen molar-refractivity contribution in [2.45, 2.75) is 27.2 Å². The number of rotatable bonds is 7. The molecule has 0 unspecified atom stereocenters. The van der Waals surface area contributed by atoms with E-state index in [1.165, 1.54) is 6.26 Å². The quantitative estimate of drug-likeness (QED) is 0.510. The van der Waals surface area contributed by atoms with Gasteiger partial charge in [-0.05, 0) is 49.4 Å². The van der Waals surface area contributed by atoms with Gasteiger partial charge in [-0.2, -0.15) is 0 Å². The Morgan fingerprint density at radius 2 is 1.76 bits per heavy atom. The topological polar surface area (TPSA) is 78.2 Å². The van der Waals surface area contributed by atoms with Crippen LogP contribution in [-0.4, -0.2) is 37.1 Å². The second-order valence-corrected chi connectivity index (χ2v) is 8.60. The SMILES string of the molecule is CCOc1ccccc1Oc1coc2cc(OCC(=O)N3C[C@H](C)C[C@H](C)C3)ccc2c1=O. The summed E-state index contributed by atoms with van der Waals surface area (Å²) in [5, 5.41) is 0.360. The molecule has 1 fully saturated rings. The molecule has 1 aromatic heterocycles. The van der Waals surface area contributed by atoms with Gasteiger partial charge in [0.2, 0.25) is 11.2 Å². The third kappa shape index (κ3) is 5.30. The molecular weight excluding hydrogens is 422 g/mol. The molecule has 1 saturated heterocycles. The minimum absolute atomic E-state index is 0.0355. The summed E-state index contributed by atoms with van der Waals surface area (Å²) in [6.07, 6.45) is 2.41. The van der Waals surface area contributed by atoms with E-state index in [4.69, 9.17) is 18.6 Å². The van der Waals surface area contributed by atoms with Gasteiger partial charge in [0, 0.05) is 19.2 Å². The van der Waals surface area contributed by atoms with Gasteiger partial charge in [0.25, 0.3) is 5.91 Å². The molecule has 33 heavy (non-hydrogen) atoms. The van der Waals surface area contributed by atoms with Crippen molar-refractivity contribution in [2.24, 2.45) is 11.8 Å². The highest BCUT2D eigenvalue weighted by molar-refractivity contribution is 5.80. The van der Waals surface area contributed by atoms with E-state index >= 15 is 0 Å². The van der Waals surface area contributed by atoms with Crippen LogP contribution in [0.5, 0.6) is 23.0 Å². The van der Waals surface area contributed by atoms with Crippen molar-refractivity contribution in [1.29, 1.82) is 0 Å². The Morgan fingerprint density at radius 1 is 1.03 bits per heavy atom. The van der Waals surface area contributed by atoms with Crippen LogP contribution in [0.2, 0.25) is 0 Å². The Bertz CT molecular complexity index is 1180. The first-order chi connectivity index (χ1) is 15.9. The molecule has 3 aromatic rings. The molecule has 1 amide bonds. The Morgan fingerprint density at radius 3 is 2.48 bits per heavy atom. The van der Waals surface area contributed by atoms with Crippen molar-refractivity contribution >= 4 is 16.9 Å². The monoisotopic (exact) mass is 451 g/mol. The van der Waals surface area contributed by atoms with E-state index in [1.54, 1.807) is 36.4 Å². The Balaban J connectivity index is 1.47. The lowest BCUT2D eigenvalue weighted by molar-refractivity contribution is -0.136. The Hall–Kier alpha value is -3.48. The number of likely N-dealkylation sites (tertiary alicyclic amines) is 1. The normalized spacial score (nSPS) is 18.2. The van der Waals surface area contributed by atoms with Gasteiger partial charge in [0.15, 0.2) is 18.1 Å². The zero-order valence-corrected chi connectivity index (χ0v) is 19.2. The van der Waals surface area contributed by atoms with Crippen LogP contribution in [0.4, 0.5) is 0 Å². The van der Waals surface area contributed by atoms with Crippen LogP contribution in [0.1, 0.15) is 27.2 Å². The van der Waals surface area contributed by atoms with Crippen LogP contribution in [0.25, 0.3) is 11.0 Å². The average Bonchev–Trinajstić information content (AvgIpc) is 2.80. The van der Waals surface area contributed by atoms with E-state index in [0.717, 1.165) is 19.5 Å². The summed E-state index contributed by atoms with van der Waals surface area (Å²) in [5.41, 5.74) is 0.0529. The van der Waals surface area contributed by atoms with Crippen molar-refractivity contribution in [1.82, 2.24) is 4.90 Å². The number of amides is 1. The van der Waals surface area contributed by atoms with E-state index in [9.17, 15) is 9.59 Å². The highest BCUT2D eigenvalue weighted by Crippen LogP contribution is 2.31. The molecule has 2 aromatic carbocycles. The van der Waals surface area contributed by atoms with Crippen LogP contribution in [0.15, 0.2) is 57.9 Å². The van der Waals surface area contributed by atoms with Gasteiger partial charge >= 0.3 is 0 Å². The van der Waals surface area contributed by atoms with Crippen molar-refractivity contribution in [3.8, 4) is 23.0 Å². The van der Waals surface area contributed by atoms with E-state index in [0.29, 0.717) is 46.7 Å². The molecule has 0 bridgehead atoms. The maximum atomic E-state index is 12.9. The Kier molecular flexibility index (Phi) is 6.87. The van der Waals surface area contributed by atoms with Crippen LogP contribution in [-0.2, 0) is 4.79 Å². The van der Waals surface area contributed by atoms with Gasteiger partial charge in [0.05, 0.1) is 12.0 Å². The van der Waals surface area contributed by atoms with Crippen molar-refractivity contribution < 1.29 is 23.4 Å². The van der Waals surface area contributed by atoms with Gasteiger partial charge in [-0.3, -0.25) is 9.59 Å². The number of piperidine rings is 1. The van der Waals surface area contributed by atoms with Crippen LogP contribution in [0, 0.1) is 11.8 Å². The molecule has 2 heterocycles. The molecule has 0 spiro atoms. The predicted molar refractivity (Wildman–Crippen MR) is 125 cm³/mol. The number of para-hydroxylation sites is 2. The maximum absolute atomic E-state index is 12.9. The highest BCUT2D eigenvalue weighted by atomic mass is 16.5. The molecule has 7 nitrogen and oxygen atoms in total. The number of fused-ring (bicyclic) bond motifs is 1. The summed E-state index contributed by atoms with van der Waals surface area (Å²) in [6.45, 7) is 8.15. The fourth-order valence-corrected chi connectivity index (χ4v) is 4.28. The number of hydrogen-bond acceptors (Lipinski definition) is 6. The van der Waals surface area contributed by atoms with Crippen molar-refractivity contribution in [2.75, 3.05) is 26.3 Å². The maximum Gasteiger partial charge on any atom is 0.260 e. The predicted octanol–water partition coefficient (Wildman–Crippen LogP) is 4.87. The number of carbonyl (C=O) groups is 1. The largest absolute Gasteiger partial charge is 0.490 e. The zero-order chi connectivity index (χ0) is 23.4. The van der Waals surface area contributed by atoms with Crippen molar-refractivity contribution in [3.05, 3.63) is 59.0 Å². The third-order valence-corrected chi connectivity index (χ3v) is 5.67. The summed E-state index contributed by atoms with van der Waals surface area (Å²) in [5.74, 6) is 2.45. The minimum atomic E-state index is -0.304. The van der Waals surface area contributed by atoms with Crippen LogP contribution in [0.3, 0.4) is 0 Å². The molecule has 2 atom stereocenters. The van der Waals surface area contributed by atoms with E-state index in [-0.39, 0.29) is 23.7 Å². The third-order valence-electron chi connectivity index (χ3n) is 5.67. The highest BCUT2D eigenvalue weighted by Gasteiger charge is 2.25. The molecule has 174 valence electrons. The second kappa shape index (κ2) is 9.98. The first kappa shape index (κ1) is 22.7. The van der Waals surface area contributed by atoms with Crippen molar-refractivity contribution in [3.63, 3.8) is 0 Å². The van der Waals surface area contributed by atoms with Crippen LogP contribution < -0.4 is 19.6 Å². The summed E-state index contributed by atoms with van der Waals surface area (Å²) in [4.78, 5) is 27.4. The molecule has 0 aliphatic carbocycles. The van der Waals surface area contributed by atoms with E-state index in [2.05, 4.69) is 13.8 Å². The van der Waals surface area contributed by atoms with Gasteiger partial charge in [-0.25, -0.2) is 0 Å². The van der Waals surface area contributed by atoms with E-state index < -0.39 is 0 Å². The first-order valence-corrected chi connectivity index (χ1v) is 11.3. The summed E-state index contributed by atoms with van der Waals surface area (Å²) >= 11 is 0. The number of hydrogen-bond donors (Lipinski definition) is 0. The molecule has 0 saturated carbocycles. The number of ether oxygens (including phenoxy) is 3. The number of carbonyl (C=O) groups excluding carboxylic acids is 1. The summed E-state index contributed by atoms with van der Waals surface area (Å²) in [7, 11) is 0. The Labute approximate surface area is 192 Å². The van der Waals surface area contributed by atoms with Gasteiger partial charge in [-0.15, -0.1) is 0 Å². The molecule has 1 aliphatic rings. The van der Waals surface area contributed by atoms with Gasteiger partial charge in [0.1, 0.15) is 17.6 Å². The smallest absolute Gasteiger partial charge is 0.260 e. The number of nitrogens with zero attached hydrogens (tertiary/aromatic N) is 1. The molecule has 0 radical (unpaired) electrons. The fourth-order valence-electron chi connectivity index (χ4n) is 4.28. The zero-order valence-electron chi connectivity index (χ0n) is 19.2. The van der Waals surface area contributed by atoms with Gasteiger partial charge < -0.3 is 23.5 Å². The summed E-state index contributed by atoms with van der Waals surface area (Å²) < 4.78 is 22.7. The average molecular weight is 452 g/mol. The molecule has 0 N–H and O–H groups in total.